The van der Waals surface area contributed by atoms with Crippen LogP contribution in [0.3, 0.4) is 0 Å². The first-order valence-corrected chi connectivity index (χ1v) is 2.60. The standard InChI is InChI=1S/C5H11O2.K/c6-4-2-1-3-5-7;/h6H,1-5H2;/q-1;+1. The molecule has 0 saturated heterocycles. The fourth-order valence-corrected chi connectivity index (χ4v) is 0.391. The maximum atomic E-state index is 9.72. The normalized spacial score (nSPS) is 8.25. The van der Waals surface area contributed by atoms with Gasteiger partial charge in [0.05, 0.1) is 0 Å². The molecule has 0 saturated carbocycles. The minimum absolute atomic E-state index is 0. The van der Waals surface area contributed by atoms with Crippen LogP contribution in [0.15, 0.2) is 0 Å². The van der Waals surface area contributed by atoms with Crippen LogP contribution in [-0.4, -0.2) is 18.3 Å². The van der Waals surface area contributed by atoms with Gasteiger partial charge in [0.15, 0.2) is 0 Å². The molecule has 0 rings (SSSR count). The minimum Gasteiger partial charge on any atom is -0.854 e. The van der Waals surface area contributed by atoms with E-state index in [0.29, 0.717) is 6.42 Å². The first kappa shape index (κ1) is 12.3. The van der Waals surface area contributed by atoms with Gasteiger partial charge in [-0.15, -0.1) is 6.61 Å². The monoisotopic (exact) mass is 142 g/mol. The van der Waals surface area contributed by atoms with Gasteiger partial charge in [-0.2, -0.15) is 0 Å². The Morgan fingerprint density at radius 3 is 2.12 bits per heavy atom. The van der Waals surface area contributed by atoms with Crippen LogP contribution < -0.4 is 56.5 Å². The van der Waals surface area contributed by atoms with E-state index in [4.69, 9.17) is 5.11 Å². The van der Waals surface area contributed by atoms with Gasteiger partial charge in [0, 0.05) is 6.61 Å². The van der Waals surface area contributed by atoms with Gasteiger partial charge in [0.25, 0.3) is 0 Å². The van der Waals surface area contributed by atoms with Gasteiger partial charge in [0.1, 0.15) is 0 Å². The summed E-state index contributed by atoms with van der Waals surface area (Å²) in [6, 6.07) is 0. The molecule has 0 spiro atoms. The topological polar surface area (TPSA) is 43.3 Å². The molecule has 0 fully saturated rings. The Morgan fingerprint density at radius 1 is 1.12 bits per heavy atom. The molecule has 0 aromatic carbocycles. The van der Waals surface area contributed by atoms with E-state index < -0.39 is 0 Å². The first-order chi connectivity index (χ1) is 3.41. The van der Waals surface area contributed by atoms with E-state index in [1.165, 1.54) is 0 Å². The SMILES string of the molecule is [K+].[O-]CCCCCO. The Balaban J connectivity index is 0. The van der Waals surface area contributed by atoms with Crippen LogP contribution in [0, 0.1) is 0 Å². The molecule has 0 radical (unpaired) electrons. The van der Waals surface area contributed by atoms with Crippen molar-refractivity contribution >= 4 is 0 Å². The average molecular weight is 142 g/mol. The van der Waals surface area contributed by atoms with E-state index >= 15 is 0 Å². The molecule has 2 nitrogen and oxygen atoms in total. The Labute approximate surface area is 92.7 Å². The quantitative estimate of drug-likeness (QED) is 0.327. The Bertz CT molecular complexity index is 29.6. The molecular formula is C5H11KO2. The fourth-order valence-electron chi connectivity index (χ4n) is 0.391. The van der Waals surface area contributed by atoms with Gasteiger partial charge in [-0.05, 0) is 6.42 Å². The van der Waals surface area contributed by atoms with Crippen LogP contribution in [0.4, 0.5) is 0 Å². The van der Waals surface area contributed by atoms with Gasteiger partial charge in [0.2, 0.25) is 0 Å². The molecule has 1 N–H and O–H groups in total. The zero-order valence-electron chi connectivity index (χ0n) is 5.39. The molecule has 0 aromatic rings. The zero-order valence-corrected chi connectivity index (χ0v) is 8.51. The van der Waals surface area contributed by atoms with Crippen LogP contribution in [-0.2, 0) is 0 Å². The predicted octanol–water partition coefficient (Wildman–Crippen LogP) is -3.49. The van der Waals surface area contributed by atoms with Crippen LogP contribution in [0.5, 0.6) is 0 Å². The summed E-state index contributed by atoms with van der Waals surface area (Å²) in [5.74, 6) is 0. The van der Waals surface area contributed by atoms with E-state index in [1.54, 1.807) is 0 Å². The second kappa shape index (κ2) is 11.4. The van der Waals surface area contributed by atoms with Crippen molar-refractivity contribution in [1.29, 1.82) is 0 Å². The van der Waals surface area contributed by atoms with Crippen LogP contribution in [0.1, 0.15) is 19.3 Å². The van der Waals surface area contributed by atoms with Gasteiger partial charge < -0.3 is 10.2 Å². The molecule has 0 amide bonds. The molecule has 0 aliphatic rings. The van der Waals surface area contributed by atoms with E-state index in [1.807, 2.05) is 0 Å². The third-order valence-corrected chi connectivity index (χ3v) is 0.802. The zero-order chi connectivity index (χ0) is 5.54. The molecular weight excluding hydrogens is 131 g/mol. The van der Waals surface area contributed by atoms with Crippen molar-refractivity contribution in [3.05, 3.63) is 0 Å². The number of unbranched alkanes of at least 4 members (excludes halogenated alkanes) is 2. The van der Waals surface area contributed by atoms with Gasteiger partial charge in [-0.1, -0.05) is 12.8 Å². The largest absolute Gasteiger partial charge is 1.00 e. The predicted molar refractivity (Wildman–Crippen MR) is 25.8 cm³/mol. The summed E-state index contributed by atoms with van der Waals surface area (Å²) >= 11 is 0. The Kier molecular flexibility index (Phi) is 17.4. The third kappa shape index (κ3) is 10.5. The Morgan fingerprint density at radius 2 is 1.75 bits per heavy atom. The van der Waals surface area contributed by atoms with E-state index in [2.05, 4.69) is 0 Å². The fraction of sp³-hybridized carbons (Fsp3) is 1.00. The molecule has 8 heavy (non-hydrogen) atoms. The molecule has 0 bridgehead atoms. The second-order valence-electron chi connectivity index (χ2n) is 1.49. The summed E-state index contributed by atoms with van der Waals surface area (Å²) in [5, 5.41) is 17.9. The first-order valence-electron chi connectivity index (χ1n) is 2.60. The summed E-state index contributed by atoms with van der Waals surface area (Å²) in [6.07, 6.45) is 2.36. The van der Waals surface area contributed by atoms with Crippen molar-refractivity contribution in [3.63, 3.8) is 0 Å². The number of aliphatic hydroxyl groups is 1. The van der Waals surface area contributed by atoms with Crippen molar-refractivity contribution in [2.45, 2.75) is 19.3 Å². The van der Waals surface area contributed by atoms with Crippen molar-refractivity contribution in [2.75, 3.05) is 13.2 Å². The smallest absolute Gasteiger partial charge is 0.854 e. The van der Waals surface area contributed by atoms with E-state index in [9.17, 15) is 5.11 Å². The average Bonchev–Trinajstić information content (AvgIpc) is 1.69. The third-order valence-electron chi connectivity index (χ3n) is 0.802. The van der Waals surface area contributed by atoms with E-state index in [0.717, 1.165) is 12.8 Å². The molecule has 0 aromatic heterocycles. The molecule has 0 heterocycles. The van der Waals surface area contributed by atoms with E-state index in [-0.39, 0.29) is 64.6 Å². The number of hydrogen-bond acceptors (Lipinski definition) is 2. The summed E-state index contributed by atoms with van der Waals surface area (Å²) in [5.41, 5.74) is 0. The van der Waals surface area contributed by atoms with Crippen molar-refractivity contribution in [2.24, 2.45) is 0 Å². The molecule has 3 heteroatoms. The van der Waals surface area contributed by atoms with Crippen molar-refractivity contribution in [3.8, 4) is 0 Å². The van der Waals surface area contributed by atoms with Crippen LogP contribution in [0.25, 0.3) is 0 Å². The molecule has 0 aliphatic carbocycles. The molecule has 0 atom stereocenters. The molecule has 44 valence electrons. The number of aliphatic hydroxyl groups excluding tert-OH is 1. The van der Waals surface area contributed by atoms with Crippen LogP contribution in [0.2, 0.25) is 0 Å². The van der Waals surface area contributed by atoms with Gasteiger partial charge >= 0.3 is 51.4 Å². The second-order valence-corrected chi connectivity index (χ2v) is 1.49. The van der Waals surface area contributed by atoms with Crippen molar-refractivity contribution in [1.82, 2.24) is 0 Å². The van der Waals surface area contributed by atoms with Crippen LogP contribution >= 0.6 is 0 Å². The number of hydrogen-bond donors (Lipinski definition) is 1. The number of rotatable bonds is 4. The minimum atomic E-state index is 0. The summed E-state index contributed by atoms with van der Waals surface area (Å²) in [7, 11) is 0. The molecule has 0 aliphatic heterocycles. The molecule has 0 unspecified atom stereocenters. The Hall–Kier alpha value is 1.56. The summed E-state index contributed by atoms with van der Waals surface area (Å²) in [6.45, 7) is 0.222. The van der Waals surface area contributed by atoms with Crippen molar-refractivity contribution < 1.29 is 61.6 Å². The van der Waals surface area contributed by atoms with Gasteiger partial charge in [-0.3, -0.25) is 0 Å². The maximum absolute atomic E-state index is 9.72. The maximum Gasteiger partial charge on any atom is 1.00 e. The summed E-state index contributed by atoms with van der Waals surface area (Å²) < 4.78 is 0. The van der Waals surface area contributed by atoms with Gasteiger partial charge in [-0.25, -0.2) is 0 Å². The summed E-state index contributed by atoms with van der Waals surface area (Å²) in [4.78, 5) is 0.